The molecule has 2 aromatic rings. The van der Waals surface area contributed by atoms with E-state index in [1.807, 2.05) is 13.8 Å². The molecule has 1 saturated heterocycles. The van der Waals surface area contributed by atoms with Crippen LogP contribution in [0.4, 0.5) is 15.8 Å². The lowest BCUT2D eigenvalue weighted by Crippen LogP contribution is -2.28. The fourth-order valence-electron chi connectivity index (χ4n) is 3.10. The Morgan fingerprint density at radius 1 is 1.17 bits per heavy atom. The highest BCUT2D eigenvalue weighted by Crippen LogP contribution is 2.27. The Morgan fingerprint density at radius 2 is 1.87 bits per heavy atom. The van der Waals surface area contributed by atoms with Gasteiger partial charge in [-0.15, -0.1) is 0 Å². The number of hydrogen-bond donors (Lipinski definition) is 1. The summed E-state index contributed by atoms with van der Waals surface area (Å²) in [5.74, 6) is -2.07. The molecule has 8 heteroatoms. The van der Waals surface area contributed by atoms with Gasteiger partial charge in [0.1, 0.15) is 11.6 Å². The van der Waals surface area contributed by atoms with Gasteiger partial charge in [-0.25, -0.2) is 4.39 Å². The van der Waals surface area contributed by atoms with E-state index >= 15 is 0 Å². The van der Waals surface area contributed by atoms with Crippen LogP contribution in [0, 0.1) is 11.7 Å². The van der Waals surface area contributed by atoms with Crippen LogP contribution in [0.15, 0.2) is 48.5 Å². The van der Waals surface area contributed by atoms with Gasteiger partial charge in [0.15, 0.2) is 6.61 Å². The highest BCUT2D eigenvalue weighted by molar-refractivity contribution is 6.00. The Bertz CT molecular complexity index is 929. The molecule has 158 valence electrons. The van der Waals surface area contributed by atoms with Gasteiger partial charge >= 0.3 is 5.97 Å². The first-order chi connectivity index (χ1) is 14.3. The van der Waals surface area contributed by atoms with Crippen LogP contribution in [0.2, 0.25) is 0 Å². The van der Waals surface area contributed by atoms with Gasteiger partial charge in [0.25, 0.3) is 5.91 Å². The molecule has 30 heavy (non-hydrogen) atoms. The number of esters is 1. The first-order valence-electron chi connectivity index (χ1n) is 9.61. The number of hydrogen-bond acceptors (Lipinski definition) is 5. The van der Waals surface area contributed by atoms with Crippen molar-refractivity contribution in [2.45, 2.75) is 26.4 Å². The number of carbonyl (C=O) groups is 3. The first kappa shape index (κ1) is 21.3. The normalized spacial score (nSPS) is 15.9. The Balaban J connectivity index is 1.52. The fraction of sp³-hybridized carbons (Fsp3) is 0.318. The summed E-state index contributed by atoms with van der Waals surface area (Å²) in [5, 5.41) is 2.34. The van der Waals surface area contributed by atoms with E-state index < -0.39 is 30.2 Å². The summed E-state index contributed by atoms with van der Waals surface area (Å²) in [6, 6.07) is 12.7. The standard InChI is InChI=1S/C22H23FN2O5/c1-14(2)30-17-9-7-16(8-10-17)25-12-15(11-21(25)27)22(28)29-13-20(26)24-19-6-4-3-5-18(19)23/h3-10,14-15H,11-13H2,1-2H3,(H,24,26). The van der Waals surface area contributed by atoms with Crippen LogP contribution in [0.1, 0.15) is 20.3 Å². The van der Waals surface area contributed by atoms with Gasteiger partial charge in [0.2, 0.25) is 5.91 Å². The first-order valence-corrected chi connectivity index (χ1v) is 9.61. The summed E-state index contributed by atoms with van der Waals surface area (Å²) in [7, 11) is 0. The summed E-state index contributed by atoms with van der Waals surface area (Å²) >= 11 is 0. The zero-order valence-corrected chi connectivity index (χ0v) is 16.8. The van der Waals surface area contributed by atoms with E-state index in [0.717, 1.165) is 0 Å². The molecule has 1 fully saturated rings. The molecule has 0 aliphatic carbocycles. The molecule has 2 aromatic carbocycles. The van der Waals surface area contributed by atoms with Crippen LogP contribution in [0.3, 0.4) is 0 Å². The minimum Gasteiger partial charge on any atom is -0.491 e. The molecular weight excluding hydrogens is 391 g/mol. The van der Waals surface area contributed by atoms with Gasteiger partial charge < -0.3 is 19.7 Å². The van der Waals surface area contributed by atoms with E-state index in [-0.39, 0.29) is 30.7 Å². The van der Waals surface area contributed by atoms with Crippen LogP contribution in [-0.2, 0) is 19.1 Å². The van der Waals surface area contributed by atoms with E-state index in [2.05, 4.69) is 5.32 Å². The van der Waals surface area contributed by atoms with Crippen LogP contribution >= 0.6 is 0 Å². The summed E-state index contributed by atoms with van der Waals surface area (Å²) in [5.41, 5.74) is 0.661. The summed E-state index contributed by atoms with van der Waals surface area (Å²) in [6.07, 6.45) is 0.0388. The predicted molar refractivity (Wildman–Crippen MR) is 109 cm³/mol. The van der Waals surface area contributed by atoms with Crippen molar-refractivity contribution in [2.75, 3.05) is 23.4 Å². The van der Waals surface area contributed by atoms with Crippen molar-refractivity contribution < 1.29 is 28.2 Å². The fourth-order valence-corrected chi connectivity index (χ4v) is 3.10. The molecule has 7 nitrogen and oxygen atoms in total. The number of ether oxygens (including phenoxy) is 2. The lowest BCUT2D eigenvalue weighted by Gasteiger charge is -2.17. The molecule has 0 bridgehead atoms. The maximum absolute atomic E-state index is 13.6. The molecule has 1 unspecified atom stereocenters. The van der Waals surface area contributed by atoms with Crippen molar-refractivity contribution in [1.82, 2.24) is 0 Å². The number of nitrogens with zero attached hydrogens (tertiary/aromatic N) is 1. The molecule has 0 aromatic heterocycles. The van der Waals surface area contributed by atoms with Gasteiger partial charge in [0.05, 0.1) is 17.7 Å². The topological polar surface area (TPSA) is 84.9 Å². The van der Waals surface area contributed by atoms with Gasteiger partial charge in [-0.1, -0.05) is 12.1 Å². The number of anilines is 2. The summed E-state index contributed by atoms with van der Waals surface area (Å²) < 4.78 is 24.2. The maximum Gasteiger partial charge on any atom is 0.311 e. The van der Waals surface area contributed by atoms with Gasteiger partial charge in [0, 0.05) is 18.7 Å². The molecule has 1 N–H and O–H groups in total. The minimum atomic E-state index is -0.676. The van der Waals surface area contributed by atoms with Crippen molar-refractivity contribution >= 4 is 29.2 Å². The zero-order chi connectivity index (χ0) is 21.7. The Labute approximate surface area is 173 Å². The van der Waals surface area contributed by atoms with Crippen LogP contribution in [0.5, 0.6) is 5.75 Å². The lowest BCUT2D eigenvalue weighted by molar-refractivity contribution is -0.151. The van der Waals surface area contributed by atoms with Gasteiger partial charge in [-0.05, 0) is 50.2 Å². The molecule has 1 aliphatic heterocycles. The van der Waals surface area contributed by atoms with E-state index in [4.69, 9.17) is 9.47 Å². The Kier molecular flexibility index (Phi) is 6.66. The molecule has 1 aliphatic rings. The second-order valence-corrected chi connectivity index (χ2v) is 7.20. The van der Waals surface area contributed by atoms with Crippen LogP contribution in [0.25, 0.3) is 0 Å². The number of nitrogens with one attached hydrogen (secondary N) is 1. The molecular formula is C22H23FN2O5. The van der Waals surface area contributed by atoms with E-state index in [1.54, 1.807) is 30.3 Å². The molecule has 0 spiro atoms. The second kappa shape index (κ2) is 9.39. The van der Waals surface area contributed by atoms with E-state index in [0.29, 0.717) is 11.4 Å². The summed E-state index contributed by atoms with van der Waals surface area (Å²) in [4.78, 5) is 38.0. The Hall–Kier alpha value is -3.42. The number of amides is 2. The van der Waals surface area contributed by atoms with Gasteiger partial charge in [-0.2, -0.15) is 0 Å². The lowest BCUT2D eigenvalue weighted by atomic mass is 10.1. The quantitative estimate of drug-likeness (QED) is 0.704. The predicted octanol–water partition coefficient (Wildman–Crippen LogP) is 3.15. The number of carbonyl (C=O) groups excluding carboxylic acids is 3. The smallest absolute Gasteiger partial charge is 0.311 e. The maximum atomic E-state index is 13.6. The number of halogens is 1. The second-order valence-electron chi connectivity index (χ2n) is 7.20. The van der Waals surface area contributed by atoms with E-state index in [9.17, 15) is 18.8 Å². The van der Waals surface area contributed by atoms with Crippen molar-refractivity contribution in [2.24, 2.45) is 5.92 Å². The number of benzene rings is 2. The summed E-state index contributed by atoms with van der Waals surface area (Å²) in [6.45, 7) is 3.45. The Morgan fingerprint density at radius 3 is 2.53 bits per heavy atom. The molecule has 0 radical (unpaired) electrons. The van der Waals surface area contributed by atoms with Crippen LogP contribution < -0.4 is 15.0 Å². The third kappa shape index (κ3) is 5.34. The van der Waals surface area contributed by atoms with Crippen molar-refractivity contribution in [1.29, 1.82) is 0 Å². The largest absolute Gasteiger partial charge is 0.491 e. The van der Waals surface area contributed by atoms with Crippen molar-refractivity contribution in [3.8, 4) is 5.75 Å². The van der Waals surface area contributed by atoms with Gasteiger partial charge in [-0.3, -0.25) is 14.4 Å². The zero-order valence-electron chi connectivity index (χ0n) is 16.8. The van der Waals surface area contributed by atoms with Crippen molar-refractivity contribution in [3.05, 3.63) is 54.3 Å². The minimum absolute atomic E-state index is 0.00197. The van der Waals surface area contributed by atoms with E-state index in [1.165, 1.54) is 23.1 Å². The SMILES string of the molecule is CC(C)Oc1ccc(N2CC(C(=O)OCC(=O)Nc3ccccc3F)CC2=O)cc1. The highest BCUT2D eigenvalue weighted by atomic mass is 19.1. The monoisotopic (exact) mass is 414 g/mol. The third-order valence-electron chi connectivity index (χ3n) is 4.47. The number of para-hydroxylation sites is 1. The average Bonchev–Trinajstić information content (AvgIpc) is 3.10. The molecule has 3 rings (SSSR count). The van der Waals surface area contributed by atoms with Crippen LogP contribution in [-0.4, -0.2) is 37.0 Å². The molecule has 1 atom stereocenters. The average molecular weight is 414 g/mol. The molecule has 1 heterocycles. The molecule has 0 saturated carbocycles. The van der Waals surface area contributed by atoms with Crippen molar-refractivity contribution in [3.63, 3.8) is 0 Å². The third-order valence-corrected chi connectivity index (χ3v) is 4.47. The number of rotatable bonds is 7. The highest BCUT2D eigenvalue weighted by Gasteiger charge is 2.36. The molecule has 2 amide bonds.